The van der Waals surface area contributed by atoms with Crippen molar-refractivity contribution in [1.82, 2.24) is 0 Å². The topological polar surface area (TPSA) is 17.1 Å². The molecule has 1 fully saturated rings. The van der Waals surface area contributed by atoms with Gasteiger partial charge in [0, 0.05) is 0 Å². The molecule has 0 aromatic carbocycles. The number of ketones is 1. The van der Waals surface area contributed by atoms with Crippen molar-refractivity contribution >= 4 is 26.9 Å². The third kappa shape index (κ3) is 4.46. The first-order valence-corrected chi connectivity index (χ1v) is 8.68. The van der Waals surface area contributed by atoms with Gasteiger partial charge in [0.25, 0.3) is 0 Å². The summed E-state index contributed by atoms with van der Waals surface area (Å²) in [5.41, 5.74) is 0.246. The Hall–Kier alpha value is 0.469. The molecule has 0 saturated heterocycles. The molecule has 1 unspecified atom stereocenters. The van der Waals surface area contributed by atoms with Crippen LogP contribution in [-0.4, -0.2) is 26.9 Å². The van der Waals surface area contributed by atoms with Crippen LogP contribution in [0.4, 0.5) is 0 Å². The number of Topliss-reactive ketones (excluding diaryl/α,β-unsaturated/α-hetero) is 1. The Kier molecular flexibility index (Phi) is 3.65. The van der Waals surface area contributed by atoms with E-state index in [1.54, 1.807) is 0 Å². The maximum atomic E-state index is 11.8. The van der Waals surface area contributed by atoms with Crippen molar-refractivity contribution in [2.24, 2.45) is 5.41 Å². The van der Waals surface area contributed by atoms with Gasteiger partial charge >= 0.3 is 105 Å². The van der Waals surface area contributed by atoms with Crippen LogP contribution in [0.1, 0.15) is 60.8 Å². The van der Waals surface area contributed by atoms with Gasteiger partial charge in [-0.2, -0.15) is 0 Å². The summed E-state index contributed by atoms with van der Waals surface area (Å²) >= 11 is -0.519. The molecule has 2 radical (unpaired) electrons. The summed E-state index contributed by atoms with van der Waals surface area (Å²) in [7, 11) is 0. The van der Waals surface area contributed by atoms with Crippen molar-refractivity contribution in [3.05, 3.63) is 0 Å². The molecule has 0 aliphatic heterocycles. The van der Waals surface area contributed by atoms with Gasteiger partial charge in [-0.05, 0) is 0 Å². The molecule has 15 heavy (non-hydrogen) atoms. The Morgan fingerprint density at radius 2 is 1.67 bits per heavy atom. The van der Waals surface area contributed by atoms with E-state index in [2.05, 4.69) is 41.5 Å². The number of carbonyl (C=O) groups excluding carboxylic acids is 1. The van der Waals surface area contributed by atoms with Gasteiger partial charge in [-0.1, -0.05) is 0 Å². The summed E-state index contributed by atoms with van der Waals surface area (Å²) in [6, 6.07) is 0. The van der Waals surface area contributed by atoms with E-state index in [0.717, 1.165) is 12.8 Å². The zero-order valence-electron chi connectivity index (χ0n) is 11.0. The molecule has 0 amide bonds. The third-order valence-corrected chi connectivity index (χ3v) is 7.68. The van der Waals surface area contributed by atoms with E-state index in [0.29, 0.717) is 12.6 Å². The van der Waals surface area contributed by atoms with Crippen LogP contribution in [0, 0.1) is 5.41 Å². The molecule has 0 N–H and O–H groups in total. The molecule has 0 aromatic rings. The standard InChI is InChI=1S/C9H15O.C4H9.Sn/c1-7-4-8(10)6-9(2,3)5-7;1-4(2)3;/h4-6H2,1-3H3;1-3H3;. The normalized spacial score (nSPS) is 31.7. The van der Waals surface area contributed by atoms with E-state index in [9.17, 15) is 4.79 Å². The fourth-order valence-electron chi connectivity index (χ4n) is 3.21. The number of hydrogen-bond acceptors (Lipinski definition) is 1. The molecule has 1 rings (SSSR count). The molecule has 1 nitrogen and oxygen atoms in total. The second-order valence-corrected chi connectivity index (χ2v) is 15.6. The summed E-state index contributed by atoms with van der Waals surface area (Å²) in [5.74, 6) is 0.499. The quantitative estimate of drug-likeness (QED) is 0.672. The Balaban J connectivity index is 2.80. The van der Waals surface area contributed by atoms with E-state index < -0.39 is 21.1 Å². The average Bonchev–Trinajstić information content (AvgIpc) is 1.70. The SMILES string of the molecule is CC1(C)CC(=O)C[C](C)([Sn][C](C)(C)C)C1. The van der Waals surface area contributed by atoms with Crippen LogP contribution < -0.4 is 0 Å². The van der Waals surface area contributed by atoms with Gasteiger partial charge in [0.15, 0.2) is 0 Å². The Bertz CT molecular complexity index is 258. The second-order valence-electron chi connectivity index (χ2n) is 7.17. The van der Waals surface area contributed by atoms with Crippen LogP contribution in [0.15, 0.2) is 0 Å². The van der Waals surface area contributed by atoms with Gasteiger partial charge in [0.1, 0.15) is 0 Å². The molecule has 0 aromatic heterocycles. The predicted octanol–water partition coefficient (Wildman–Crippen LogP) is 3.87. The summed E-state index contributed by atoms with van der Waals surface area (Å²) in [5, 5.41) is 0. The average molecular weight is 315 g/mol. The van der Waals surface area contributed by atoms with Gasteiger partial charge in [-0.25, -0.2) is 0 Å². The van der Waals surface area contributed by atoms with E-state index in [-0.39, 0.29) is 5.41 Å². The van der Waals surface area contributed by atoms with Crippen LogP contribution in [0.2, 0.25) is 6.86 Å². The maximum absolute atomic E-state index is 11.8. The molecule has 0 bridgehead atoms. The fourth-order valence-corrected chi connectivity index (χ4v) is 10.8. The second kappa shape index (κ2) is 4.05. The summed E-state index contributed by atoms with van der Waals surface area (Å²) in [4.78, 5) is 11.8. The summed E-state index contributed by atoms with van der Waals surface area (Å²) in [6.45, 7) is 13.9. The molecule has 1 aliphatic carbocycles. The van der Waals surface area contributed by atoms with Gasteiger partial charge < -0.3 is 0 Å². The number of hydrogen-bond donors (Lipinski definition) is 0. The molecule has 0 heterocycles. The van der Waals surface area contributed by atoms with E-state index in [1.807, 2.05) is 0 Å². The molecule has 86 valence electrons. The Morgan fingerprint density at radius 1 is 1.13 bits per heavy atom. The molecule has 0 spiro atoms. The van der Waals surface area contributed by atoms with Crippen LogP contribution in [-0.2, 0) is 4.79 Å². The van der Waals surface area contributed by atoms with E-state index >= 15 is 0 Å². The van der Waals surface area contributed by atoms with Crippen molar-refractivity contribution < 1.29 is 4.79 Å². The van der Waals surface area contributed by atoms with Crippen LogP contribution >= 0.6 is 0 Å². The van der Waals surface area contributed by atoms with E-state index in [4.69, 9.17) is 0 Å². The van der Waals surface area contributed by atoms with Gasteiger partial charge in [-0.15, -0.1) is 0 Å². The number of rotatable bonds is 1. The van der Waals surface area contributed by atoms with Crippen molar-refractivity contribution in [2.45, 2.75) is 67.7 Å². The fraction of sp³-hybridized carbons (Fsp3) is 0.923. The number of carbonyl (C=O) groups is 1. The monoisotopic (exact) mass is 316 g/mol. The first kappa shape index (κ1) is 13.5. The zero-order chi connectivity index (χ0) is 11.9. The summed E-state index contributed by atoms with van der Waals surface area (Å²) in [6.07, 6.45) is 2.92. The first-order chi connectivity index (χ1) is 6.52. The molecule has 1 atom stereocenters. The molecular formula is C13H24OSn. The first-order valence-electron chi connectivity index (χ1n) is 5.83. The molecule has 1 saturated carbocycles. The summed E-state index contributed by atoms with van der Waals surface area (Å²) < 4.78 is 0.881. The van der Waals surface area contributed by atoms with Gasteiger partial charge in [-0.3, -0.25) is 0 Å². The third-order valence-electron chi connectivity index (χ3n) is 2.81. The van der Waals surface area contributed by atoms with E-state index in [1.165, 1.54) is 6.42 Å². The Morgan fingerprint density at radius 3 is 2.07 bits per heavy atom. The van der Waals surface area contributed by atoms with Gasteiger partial charge in [0.2, 0.25) is 0 Å². The van der Waals surface area contributed by atoms with Crippen molar-refractivity contribution in [1.29, 1.82) is 0 Å². The predicted molar refractivity (Wildman–Crippen MR) is 66.5 cm³/mol. The minimum atomic E-state index is -0.519. The Labute approximate surface area is 105 Å². The van der Waals surface area contributed by atoms with Gasteiger partial charge in [0.05, 0.1) is 0 Å². The van der Waals surface area contributed by atoms with Crippen molar-refractivity contribution in [2.75, 3.05) is 0 Å². The zero-order valence-corrected chi connectivity index (χ0v) is 13.9. The van der Waals surface area contributed by atoms with Crippen LogP contribution in [0.5, 0.6) is 0 Å². The molecule has 1 aliphatic rings. The van der Waals surface area contributed by atoms with Crippen LogP contribution in [0.25, 0.3) is 0 Å². The molecular weight excluding hydrogens is 291 g/mol. The molecule has 2 heteroatoms. The van der Waals surface area contributed by atoms with Crippen LogP contribution in [0.3, 0.4) is 0 Å². The minimum absolute atomic E-state index is 0.246. The van der Waals surface area contributed by atoms with Crippen molar-refractivity contribution in [3.63, 3.8) is 0 Å². The van der Waals surface area contributed by atoms with Crippen molar-refractivity contribution in [3.8, 4) is 0 Å².